The number of hydrogen-bond acceptors (Lipinski definition) is 8. The lowest BCUT2D eigenvalue weighted by atomic mass is 10.0. The number of carbonyl (C=O) groups excluding carboxylic acids is 1. The molecule has 4 rings (SSSR count). The van der Waals surface area contributed by atoms with Crippen LogP contribution in [0.5, 0.6) is 0 Å². The summed E-state index contributed by atoms with van der Waals surface area (Å²) in [5, 5.41) is 9.29. The quantitative estimate of drug-likeness (QED) is 0.296. The molecule has 14 heteroatoms. The normalized spacial score (nSPS) is 16.4. The van der Waals surface area contributed by atoms with Gasteiger partial charge in [0.05, 0.1) is 41.7 Å². The number of morpholine rings is 1. The Bertz CT molecular complexity index is 1570. The van der Waals surface area contributed by atoms with Crippen LogP contribution in [0, 0.1) is 0 Å². The number of halogens is 3. The van der Waals surface area contributed by atoms with Crippen LogP contribution in [0.15, 0.2) is 53.6 Å². The lowest BCUT2D eigenvalue weighted by Crippen LogP contribution is -2.51. The molecular weight excluding hydrogens is 565 g/mol. The van der Waals surface area contributed by atoms with Crippen LogP contribution in [0.4, 0.5) is 13.2 Å². The minimum atomic E-state index is -5.38. The third-order valence-electron chi connectivity index (χ3n) is 7.36. The summed E-state index contributed by atoms with van der Waals surface area (Å²) >= 11 is 0. The van der Waals surface area contributed by atoms with Crippen LogP contribution >= 0.6 is 0 Å². The Hall–Kier alpha value is -3.33. The van der Waals surface area contributed by atoms with Gasteiger partial charge in [0, 0.05) is 32.4 Å². The molecule has 2 aromatic carbocycles. The molecule has 1 saturated heterocycles. The van der Waals surface area contributed by atoms with Gasteiger partial charge in [0.2, 0.25) is 0 Å². The molecule has 3 aromatic rings. The van der Waals surface area contributed by atoms with E-state index in [1.165, 1.54) is 11.9 Å². The highest BCUT2D eigenvalue weighted by Gasteiger charge is 2.46. The number of nitrogens with zero attached hydrogens (tertiary/aromatic N) is 4. The molecule has 1 aliphatic rings. The first-order chi connectivity index (χ1) is 19.2. The van der Waals surface area contributed by atoms with Crippen LogP contribution in [0.2, 0.25) is 0 Å². The molecule has 0 bridgehead atoms. The number of rotatable bonds is 9. The van der Waals surface area contributed by atoms with Gasteiger partial charge in [-0.05, 0) is 42.2 Å². The smallest absolute Gasteiger partial charge is 0.379 e. The van der Waals surface area contributed by atoms with Crippen molar-refractivity contribution in [3.8, 4) is 11.1 Å². The van der Waals surface area contributed by atoms with E-state index in [0.717, 1.165) is 61.7 Å². The molecule has 0 unspecified atom stereocenters. The first kappa shape index (κ1) is 30.6. The molecule has 1 aliphatic heterocycles. The molecule has 1 fully saturated rings. The fourth-order valence-corrected chi connectivity index (χ4v) is 5.41. The van der Waals surface area contributed by atoms with Crippen molar-refractivity contribution < 1.29 is 36.3 Å². The van der Waals surface area contributed by atoms with Gasteiger partial charge in [-0.3, -0.25) is 24.3 Å². The number of fused-ring (bicyclic) bond motifs is 1. The van der Waals surface area contributed by atoms with Crippen molar-refractivity contribution in [1.82, 2.24) is 19.5 Å². The molecule has 0 saturated carbocycles. The molecule has 0 spiro atoms. The van der Waals surface area contributed by atoms with Gasteiger partial charge in [0.15, 0.2) is 9.84 Å². The number of sulfone groups is 1. The third kappa shape index (κ3) is 7.12. The van der Waals surface area contributed by atoms with Crippen molar-refractivity contribution in [1.29, 1.82) is 0 Å². The van der Waals surface area contributed by atoms with E-state index in [2.05, 4.69) is 22.0 Å². The number of aryl methyl sites for hydroxylation is 1. The highest BCUT2D eigenvalue weighted by molar-refractivity contribution is 7.92. The van der Waals surface area contributed by atoms with Crippen molar-refractivity contribution in [2.24, 2.45) is 0 Å². The second-order valence-electron chi connectivity index (χ2n) is 10.4. The van der Waals surface area contributed by atoms with E-state index in [1.807, 2.05) is 12.1 Å². The van der Waals surface area contributed by atoms with Gasteiger partial charge >= 0.3 is 12.1 Å². The van der Waals surface area contributed by atoms with E-state index in [0.29, 0.717) is 5.52 Å². The molecule has 222 valence electrons. The Balaban J connectivity index is 1.50. The largest absolute Gasteiger partial charge is 0.473 e. The van der Waals surface area contributed by atoms with Crippen molar-refractivity contribution in [2.75, 3.05) is 39.1 Å². The Morgan fingerprint density at radius 3 is 2.34 bits per heavy atom. The molecule has 1 aromatic heterocycles. The summed E-state index contributed by atoms with van der Waals surface area (Å²) in [7, 11) is -4.08. The second-order valence-corrected chi connectivity index (χ2v) is 12.9. The van der Waals surface area contributed by atoms with Gasteiger partial charge in [-0.1, -0.05) is 30.3 Å². The number of alkyl halides is 3. The molecular formula is C27H31F3N4O6S. The first-order valence-corrected chi connectivity index (χ1v) is 14.7. The summed E-state index contributed by atoms with van der Waals surface area (Å²) in [6.07, 6.45) is -3.72. The van der Waals surface area contributed by atoms with Crippen molar-refractivity contribution in [3.63, 3.8) is 0 Å². The van der Waals surface area contributed by atoms with Crippen LogP contribution in [-0.4, -0.2) is 89.1 Å². The molecule has 1 amide bonds. The van der Waals surface area contributed by atoms with Crippen LogP contribution < -0.4 is 5.56 Å². The summed E-state index contributed by atoms with van der Waals surface area (Å²) in [5.74, 6) is -2.58. The molecule has 1 N–H and O–H groups in total. The molecule has 41 heavy (non-hydrogen) atoms. The molecule has 2 heterocycles. The predicted molar refractivity (Wildman–Crippen MR) is 145 cm³/mol. The highest BCUT2D eigenvalue weighted by atomic mass is 32.2. The number of benzene rings is 2. The third-order valence-corrected chi connectivity index (χ3v) is 9.48. The van der Waals surface area contributed by atoms with E-state index in [9.17, 15) is 36.4 Å². The zero-order chi connectivity index (χ0) is 30.0. The van der Waals surface area contributed by atoms with E-state index in [1.54, 1.807) is 18.2 Å². The van der Waals surface area contributed by atoms with Gasteiger partial charge in [0.1, 0.15) is 0 Å². The fraction of sp³-hybridized carbons (Fsp3) is 0.444. The predicted octanol–water partition coefficient (Wildman–Crippen LogP) is 2.87. The van der Waals surface area contributed by atoms with Crippen LogP contribution in [0.3, 0.4) is 0 Å². The van der Waals surface area contributed by atoms with Gasteiger partial charge in [-0.2, -0.15) is 13.2 Å². The number of hydroxylamine groups is 2. The highest BCUT2D eigenvalue weighted by Crippen LogP contribution is 2.27. The van der Waals surface area contributed by atoms with Crippen LogP contribution in [0.1, 0.15) is 18.9 Å². The number of ether oxygens (including phenoxy) is 1. The topological polar surface area (TPSA) is 122 Å². The minimum absolute atomic E-state index is 0.230. The summed E-state index contributed by atoms with van der Waals surface area (Å²) in [6.45, 7) is 3.81. The zero-order valence-electron chi connectivity index (χ0n) is 22.6. The van der Waals surface area contributed by atoms with E-state index in [4.69, 9.17) is 4.74 Å². The summed E-state index contributed by atoms with van der Waals surface area (Å²) < 4.78 is 67.5. The summed E-state index contributed by atoms with van der Waals surface area (Å²) in [6, 6.07) is 13.3. The minimum Gasteiger partial charge on any atom is -0.379 e. The standard InChI is InChI=1S/C27H31F3N4O6S/c1-26(41(2,38)39,17-34(37)25(36)27(28,29)30)9-10-33-18-31-23-15-21(7-8-22(23)24(33)35)20-5-3-19(4-6-20)16-32-11-13-40-14-12-32/h3-8,15,18,37H,9-14,16-17H2,1-2H3/t26-/m1/s1. The molecule has 0 aliphatic carbocycles. The van der Waals surface area contributed by atoms with E-state index < -0.39 is 43.8 Å². The zero-order valence-corrected chi connectivity index (χ0v) is 23.4. The monoisotopic (exact) mass is 596 g/mol. The fourth-order valence-electron chi connectivity index (χ4n) is 4.59. The van der Waals surface area contributed by atoms with Gasteiger partial charge < -0.3 is 4.74 Å². The summed E-state index contributed by atoms with van der Waals surface area (Å²) in [5.41, 5.74) is 2.91. The molecule has 1 atom stereocenters. The number of amides is 1. The van der Waals surface area contributed by atoms with Gasteiger partial charge in [-0.15, -0.1) is 0 Å². The van der Waals surface area contributed by atoms with Crippen molar-refractivity contribution in [2.45, 2.75) is 37.4 Å². The van der Waals surface area contributed by atoms with E-state index in [-0.39, 0.29) is 18.4 Å². The molecule has 0 radical (unpaired) electrons. The summed E-state index contributed by atoms with van der Waals surface area (Å²) in [4.78, 5) is 31.2. The Morgan fingerprint density at radius 1 is 1.10 bits per heavy atom. The number of hydrogen-bond donors (Lipinski definition) is 1. The maximum absolute atomic E-state index is 13.1. The first-order valence-electron chi connectivity index (χ1n) is 12.8. The Labute approximate surface area is 234 Å². The van der Waals surface area contributed by atoms with Crippen molar-refractivity contribution in [3.05, 3.63) is 64.7 Å². The second kappa shape index (κ2) is 11.9. The lowest BCUT2D eigenvalue weighted by molar-refractivity contribution is -0.216. The number of carbonyl (C=O) groups is 1. The van der Waals surface area contributed by atoms with Crippen LogP contribution in [0.25, 0.3) is 22.0 Å². The lowest BCUT2D eigenvalue weighted by Gasteiger charge is -2.31. The van der Waals surface area contributed by atoms with Crippen molar-refractivity contribution >= 4 is 26.6 Å². The number of aromatic nitrogens is 2. The average Bonchev–Trinajstić information content (AvgIpc) is 2.92. The molecule has 10 nitrogen and oxygen atoms in total. The van der Waals surface area contributed by atoms with Gasteiger partial charge in [-0.25, -0.2) is 18.5 Å². The maximum atomic E-state index is 13.1. The van der Waals surface area contributed by atoms with E-state index >= 15 is 0 Å². The average molecular weight is 597 g/mol. The Kier molecular flexibility index (Phi) is 8.87. The van der Waals surface area contributed by atoms with Gasteiger partial charge in [0.25, 0.3) is 5.56 Å². The maximum Gasteiger partial charge on any atom is 0.473 e. The van der Waals surface area contributed by atoms with Crippen LogP contribution in [-0.2, 0) is 32.5 Å². The Morgan fingerprint density at radius 2 is 1.73 bits per heavy atom. The SMILES string of the molecule is C[C@@](CCn1cnc2cc(-c3ccc(CN4CCOCC4)cc3)ccc2c1=O)(CN(O)C(=O)C(F)(F)F)S(C)(=O)=O.